The Balaban J connectivity index is 0.00000144. The third-order valence-corrected chi connectivity index (χ3v) is 4.84. The van der Waals surface area contributed by atoms with Crippen LogP contribution >= 0.6 is 36.2 Å². The SMILES string of the molecule is Cl.Cl.NC[C@H]1CC[C@@H](C(=O)N2CCCC2C(=O)Nc2nccs2)O1. The lowest BCUT2D eigenvalue weighted by atomic mass is 10.1. The number of nitrogens with two attached hydrogens (primary N) is 1. The van der Waals surface area contributed by atoms with E-state index in [0.29, 0.717) is 31.1 Å². The van der Waals surface area contributed by atoms with Crippen LogP contribution in [0, 0.1) is 0 Å². The van der Waals surface area contributed by atoms with Crippen LogP contribution in [0.5, 0.6) is 0 Å². The van der Waals surface area contributed by atoms with Crippen molar-refractivity contribution in [3.05, 3.63) is 11.6 Å². The highest BCUT2D eigenvalue weighted by Crippen LogP contribution is 2.26. The maximum absolute atomic E-state index is 12.6. The predicted octanol–water partition coefficient (Wildman–Crippen LogP) is 1.42. The van der Waals surface area contributed by atoms with E-state index in [-0.39, 0.29) is 42.7 Å². The molecule has 136 valence electrons. The number of amides is 2. The molecular formula is C14H22Cl2N4O3S. The van der Waals surface area contributed by atoms with Crippen LogP contribution in [0.25, 0.3) is 0 Å². The summed E-state index contributed by atoms with van der Waals surface area (Å²) in [7, 11) is 0. The number of hydrogen-bond donors (Lipinski definition) is 2. The third-order valence-electron chi connectivity index (χ3n) is 4.15. The second-order valence-corrected chi connectivity index (χ2v) is 6.47. The van der Waals surface area contributed by atoms with Crippen molar-refractivity contribution in [2.24, 2.45) is 5.73 Å². The van der Waals surface area contributed by atoms with Gasteiger partial charge in [0.25, 0.3) is 5.91 Å². The van der Waals surface area contributed by atoms with Gasteiger partial charge in [0, 0.05) is 24.7 Å². The average Bonchev–Trinajstić information content (AvgIpc) is 3.26. The molecule has 3 heterocycles. The summed E-state index contributed by atoms with van der Waals surface area (Å²) in [5, 5.41) is 5.13. The lowest BCUT2D eigenvalue weighted by molar-refractivity contribution is -0.146. The van der Waals surface area contributed by atoms with Crippen molar-refractivity contribution < 1.29 is 14.3 Å². The van der Waals surface area contributed by atoms with E-state index >= 15 is 0 Å². The van der Waals surface area contributed by atoms with E-state index in [4.69, 9.17) is 10.5 Å². The number of ether oxygens (including phenoxy) is 1. The Hall–Kier alpha value is -0.930. The summed E-state index contributed by atoms with van der Waals surface area (Å²) in [5.74, 6) is -0.262. The number of halogens is 2. The zero-order valence-electron chi connectivity index (χ0n) is 13.1. The van der Waals surface area contributed by atoms with Gasteiger partial charge in [-0.1, -0.05) is 0 Å². The molecule has 24 heavy (non-hydrogen) atoms. The average molecular weight is 397 g/mol. The van der Waals surface area contributed by atoms with Crippen LogP contribution in [0.15, 0.2) is 11.6 Å². The van der Waals surface area contributed by atoms with Crippen molar-refractivity contribution in [1.82, 2.24) is 9.88 Å². The lowest BCUT2D eigenvalue weighted by Crippen LogP contribution is -2.47. The molecule has 0 radical (unpaired) electrons. The van der Waals surface area contributed by atoms with E-state index in [1.54, 1.807) is 16.5 Å². The fourth-order valence-electron chi connectivity index (χ4n) is 3.02. The van der Waals surface area contributed by atoms with Crippen molar-refractivity contribution in [3.8, 4) is 0 Å². The fourth-order valence-corrected chi connectivity index (χ4v) is 3.55. The molecule has 3 atom stereocenters. The second kappa shape index (κ2) is 9.53. The van der Waals surface area contributed by atoms with Crippen LogP contribution in [0.2, 0.25) is 0 Å². The van der Waals surface area contributed by atoms with E-state index in [1.807, 2.05) is 0 Å². The highest BCUT2D eigenvalue weighted by molar-refractivity contribution is 7.13. The van der Waals surface area contributed by atoms with Gasteiger partial charge in [0.1, 0.15) is 12.1 Å². The van der Waals surface area contributed by atoms with Crippen LogP contribution in [-0.2, 0) is 14.3 Å². The Morgan fingerprint density at radius 1 is 1.38 bits per heavy atom. The quantitative estimate of drug-likeness (QED) is 0.801. The molecule has 3 N–H and O–H groups in total. The number of rotatable bonds is 4. The molecule has 0 aliphatic carbocycles. The van der Waals surface area contributed by atoms with Crippen molar-refractivity contribution in [3.63, 3.8) is 0 Å². The van der Waals surface area contributed by atoms with Gasteiger partial charge in [-0.15, -0.1) is 36.2 Å². The molecule has 10 heteroatoms. The second-order valence-electron chi connectivity index (χ2n) is 5.58. The predicted molar refractivity (Wildman–Crippen MR) is 96.9 cm³/mol. The van der Waals surface area contributed by atoms with Crippen molar-refractivity contribution in [2.45, 2.75) is 43.9 Å². The Morgan fingerprint density at radius 3 is 2.79 bits per heavy atom. The molecule has 1 unspecified atom stereocenters. The molecule has 2 aliphatic heterocycles. The maximum Gasteiger partial charge on any atom is 0.252 e. The van der Waals surface area contributed by atoms with Crippen LogP contribution in [-0.4, -0.2) is 53.0 Å². The molecular weight excluding hydrogens is 375 g/mol. The summed E-state index contributed by atoms with van der Waals surface area (Å²) in [5.41, 5.74) is 5.58. The van der Waals surface area contributed by atoms with Gasteiger partial charge in [-0.25, -0.2) is 4.98 Å². The summed E-state index contributed by atoms with van der Waals surface area (Å²) in [6.07, 6.45) is 4.12. The molecule has 0 saturated carbocycles. The fraction of sp³-hybridized carbons (Fsp3) is 0.643. The van der Waals surface area contributed by atoms with E-state index < -0.39 is 12.1 Å². The van der Waals surface area contributed by atoms with Gasteiger partial charge in [-0.05, 0) is 25.7 Å². The Bertz CT molecular complexity index is 546. The molecule has 2 aliphatic rings. The van der Waals surface area contributed by atoms with Crippen LogP contribution < -0.4 is 11.1 Å². The number of nitrogens with one attached hydrogen (secondary N) is 1. The highest BCUT2D eigenvalue weighted by atomic mass is 35.5. The number of anilines is 1. The smallest absolute Gasteiger partial charge is 0.252 e. The molecule has 1 aromatic rings. The van der Waals surface area contributed by atoms with Gasteiger partial charge in [0.15, 0.2) is 5.13 Å². The monoisotopic (exact) mass is 396 g/mol. The summed E-state index contributed by atoms with van der Waals surface area (Å²) >= 11 is 1.36. The van der Waals surface area contributed by atoms with Crippen molar-refractivity contribution in [1.29, 1.82) is 0 Å². The lowest BCUT2D eigenvalue weighted by Gasteiger charge is -2.26. The molecule has 0 aromatic carbocycles. The molecule has 2 fully saturated rings. The number of carbonyl (C=O) groups excluding carboxylic acids is 2. The van der Waals surface area contributed by atoms with Gasteiger partial charge in [-0.3, -0.25) is 9.59 Å². The third kappa shape index (κ3) is 4.58. The zero-order valence-corrected chi connectivity index (χ0v) is 15.5. The standard InChI is InChI=1S/C14H20N4O3S.2ClH/c15-8-9-3-4-11(21-9)13(20)18-6-1-2-10(18)12(19)17-14-16-5-7-22-14;;/h5,7,9-11H,1-4,6,8,15H2,(H,16,17,19);2*1H/t9-,10?,11+;;/m1../s1. The highest BCUT2D eigenvalue weighted by Gasteiger charge is 2.40. The maximum atomic E-state index is 12.6. The number of thiazole rings is 1. The number of aromatic nitrogens is 1. The number of hydrogen-bond acceptors (Lipinski definition) is 6. The molecule has 0 spiro atoms. The molecule has 7 nitrogen and oxygen atoms in total. The van der Waals surface area contributed by atoms with Gasteiger partial charge in [0.2, 0.25) is 5.91 Å². The van der Waals surface area contributed by atoms with Crippen LogP contribution in [0.4, 0.5) is 5.13 Å². The summed E-state index contributed by atoms with van der Waals surface area (Å²) in [4.78, 5) is 30.6. The van der Waals surface area contributed by atoms with E-state index in [0.717, 1.165) is 12.8 Å². The van der Waals surface area contributed by atoms with Crippen molar-refractivity contribution in [2.75, 3.05) is 18.4 Å². The van der Waals surface area contributed by atoms with Crippen molar-refractivity contribution >= 4 is 53.1 Å². The van der Waals surface area contributed by atoms with Gasteiger partial charge < -0.3 is 20.7 Å². The largest absolute Gasteiger partial charge is 0.364 e. The van der Waals surface area contributed by atoms with Gasteiger partial charge in [0.05, 0.1) is 6.10 Å². The van der Waals surface area contributed by atoms with Gasteiger partial charge >= 0.3 is 0 Å². The van der Waals surface area contributed by atoms with E-state index in [9.17, 15) is 9.59 Å². The minimum Gasteiger partial charge on any atom is -0.364 e. The molecule has 0 bridgehead atoms. The normalized spacial score (nSPS) is 25.7. The molecule has 2 amide bonds. The first-order valence-corrected chi connectivity index (χ1v) is 8.43. The minimum absolute atomic E-state index is 0. The summed E-state index contributed by atoms with van der Waals surface area (Å²) < 4.78 is 5.66. The van der Waals surface area contributed by atoms with E-state index in [2.05, 4.69) is 10.3 Å². The Labute approximate surface area is 157 Å². The first-order valence-electron chi connectivity index (χ1n) is 7.55. The number of carbonyl (C=O) groups is 2. The topological polar surface area (TPSA) is 97.6 Å². The Morgan fingerprint density at radius 2 is 2.17 bits per heavy atom. The van der Waals surface area contributed by atoms with Crippen LogP contribution in [0.3, 0.4) is 0 Å². The van der Waals surface area contributed by atoms with Gasteiger partial charge in [-0.2, -0.15) is 0 Å². The minimum atomic E-state index is -0.457. The first-order chi connectivity index (χ1) is 10.7. The molecule has 3 rings (SSSR count). The number of likely N-dealkylation sites (tertiary alicyclic amines) is 1. The Kier molecular flexibility index (Phi) is 8.38. The van der Waals surface area contributed by atoms with E-state index in [1.165, 1.54) is 11.3 Å². The summed E-state index contributed by atoms with van der Waals surface area (Å²) in [6.45, 7) is 1.03. The first kappa shape index (κ1) is 21.1. The summed E-state index contributed by atoms with van der Waals surface area (Å²) in [6, 6.07) is -0.433. The number of nitrogens with zero attached hydrogens (tertiary/aromatic N) is 2. The molecule has 1 aromatic heterocycles. The zero-order chi connectivity index (χ0) is 15.5. The van der Waals surface area contributed by atoms with Crippen LogP contribution in [0.1, 0.15) is 25.7 Å². The molecule has 2 saturated heterocycles.